The summed E-state index contributed by atoms with van der Waals surface area (Å²) in [6.07, 6.45) is 0.874. The molecule has 0 bridgehead atoms. The van der Waals surface area contributed by atoms with Gasteiger partial charge in [-0.1, -0.05) is 13.8 Å². The van der Waals surface area contributed by atoms with Crippen LogP contribution < -0.4 is 9.47 Å². The zero-order valence-electron chi connectivity index (χ0n) is 12.5. The van der Waals surface area contributed by atoms with Gasteiger partial charge in [-0.05, 0) is 5.92 Å². The van der Waals surface area contributed by atoms with Crippen LogP contribution in [-0.2, 0) is 13.0 Å². The summed E-state index contributed by atoms with van der Waals surface area (Å²) in [5.41, 5.74) is 1.83. The quantitative estimate of drug-likeness (QED) is 0.880. The summed E-state index contributed by atoms with van der Waals surface area (Å²) >= 11 is 0. The third-order valence-corrected chi connectivity index (χ3v) is 3.25. The minimum Gasteiger partial charge on any atom is -0.493 e. The first-order valence-corrected chi connectivity index (χ1v) is 6.82. The lowest BCUT2D eigenvalue weighted by Crippen LogP contribution is -2.09. The summed E-state index contributed by atoms with van der Waals surface area (Å²) in [7, 11) is 3.23. The predicted molar refractivity (Wildman–Crippen MR) is 78.5 cm³/mol. The summed E-state index contributed by atoms with van der Waals surface area (Å²) in [4.78, 5) is 4.67. The molecule has 5 heteroatoms. The van der Waals surface area contributed by atoms with Crippen molar-refractivity contribution in [1.29, 1.82) is 0 Å². The highest BCUT2D eigenvalue weighted by atomic mass is 16.5. The second-order valence-corrected chi connectivity index (χ2v) is 5.20. The number of benzene rings is 1. The van der Waals surface area contributed by atoms with Crippen LogP contribution in [-0.4, -0.2) is 35.5 Å². The maximum Gasteiger partial charge on any atom is 0.163 e. The monoisotopic (exact) mass is 278 g/mol. The molecule has 1 aromatic carbocycles. The molecule has 0 saturated carbocycles. The fraction of sp³-hybridized carbons (Fsp3) is 0.533. The van der Waals surface area contributed by atoms with E-state index in [-0.39, 0.29) is 6.61 Å². The van der Waals surface area contributed by atoms with Gasteiger partial charge in [0.25, 0.3) is 0 Å². The molecule has 0 amide bonds. The highest BCUT2D eigenvalue weighted by molar-refractivity contribution is 5.80. The van der Waals surface area contributed by atoms with E-state index < -0.39 is 0 Å². The van der Waals surface area contributed by atoms with Crippen LogP contribution in [0, 0.1) is 5.92 Å². The molecule has 0 aliphatic heterocycles. The standard InChI is InChI=1S/C15H22N2O3/c1-10(2)7-15-16-11-8-13(19-3)14(20-4)9-12(11)17(15)5-6-18/h8-10,18H,5-7H2,1-4H3. The Morgan fingerprint density at radius 1 is 1.20 bits per heavy atom. The Morgan fingerprint density at radius 2 is 1.85 bits per heavy atom. The first-order chi connectivity index (χ1) is 9.60. The van der Waals surface area contributed by atoms with Crippen LogP contribution in [0.25, 0.3) is 11.0 Å². The zero-order valence-corrected chi connectivity index (χ0v) is 12.5. The van der Waals surface area contributed by atoms with E-state index >= 15 is 0 Å². The number of rotatable bonds is 6. The summed E-state index contributed by atoms with van der Waals surface area (Å²) in [6, 6.07) is 3.80. The fourth-order valence-corrected chi connectivity index (χ4v) is 2.37. The average molecular weight is 278 g/mol. The molecule has 2 aromatic rings. The van der Waals surface area contributed by atoms with E-state index in [2.05, 4.69) is 23.4 Å². The van der Waals surface area contributed by atoms with Gasteiger partial charge in [0.1, 0.15) is 5.82 Å². The molecule has 2 rings (SSSR count). The van der Waals surface area contributed by atoms with Crippen molar-refractivity contribution in [3.05, 3.63) is 18.0 Å². The van der Waals surface area contributed by atoms with Gasteiger partial charge in [0.2, 0.25) is 0 Å². The van der Waals surface area contributed by atoms with Gasteiger partial charge in [-0.25, -0.2) is 4.98 Å². The number of nitrogens with zero attached hydrogens (tertiary/aromatic N) is 2. The van der Waals surface area contributed by atoms with Crippen molar-refractivity contribution < 1.29 is 14.6 Å². The van der Waals surface area contributed by atoms with E-state index in [0.717, 1.165) is 23.3 Å². The maximum absolute atomic E-state index is 9.28. The summed E-state index contributed by atoms with van der Waals surface area (Å²) < 4.78 is 12.7. The van der Waals surface area contributed by atoms with E-state index in [1.54, 1.807) is 14.2 Å². The molecule has 110 valence electrons. The molecular formula is C15H22N2O3. The lowest BCUT2D eigenvalue weighted by Gasteiger charge is -2.10. The van der Waals surface area contributed by atoms with Crippen LogP contribution in [0.5, 0.6) is 11.5 Å². The third kappa shape index (κ3) is 2.72. The molecule has 0 atom stereocenters. The topological polar surface area (TPSA) is 56.5 Å². The van der Waals surface area contributed by atoms with Crippen LogP contribution >= 0.6 is 0 Å². The largest absolute Gasteiger partial charge is 0.493 e. The van der Waals surface area contributed by atoms with E-state index in [1.165, 1.54) is 0 Å². The van der Waals surface area contributed by atoms with E-state index in [9.17, 15) is 5.11 Å². The number of fused-ring (bicyclic) bond motifs is 1. The zero-order chi connectivity index (χ0) is 14.7. The van der Waals surface area contributed by atoms with Gasteiger partial charge in [0.15, 0.2) is 11.5 Å². The van der Waals surface area contributed by atoms with Gasteiger partial charge in [0, 0.05) is 25.1 Å². The summed E-state index contributed by atoms with van der Waals surface area (Å²) in [5.74, 6) is 2.84. The molecule has 1 N–H and O–H groups in total. The SMILES string of the molecule is COc1cc2nc(CC(C)C)n(CCO)c2cc1OC. The normalized spacial score (nSPS) is 11.3. The number of methoxy groups -OCH3 is 2. The molecule has 0 fully saturated rings. The van der Waals surface area contributed by atoms with Crippen molar-refractivity contribution in [3.63, 3.8) is 0 Å². The van der Waals surface area contributed by atoms with E-state index in [4.69, 9.17) is 9.47 Å². The van der Waals surface area contributed by atoms with Gasteiger partial charge in [0.05, 0.1) is 31.9 Å². The van der Waals surface area contributed by atoms with E-state index in [0.29, 0.717) is 24.0 Å². The lowest BCUT2D eigenvalue weighted by molar-refractivity contribution is 0.275. The number of aliphatic hydroxyl groups is 1. The Kier molecular flexibility index (Phi) is 4.49. The molecule has 0 radical (unpaired) electrons. The number of aromatic nitrogens is 2. The Bertz CT molecular complexity index is 590. The highest BCUT2D eigenvalue weighted by Crippen LogP contribution is 2.32. The van der Waals surface area contributed by atoms with Crippen LogP contribution in [0.4, 0.5) is 0 Å². The van der Waals surface area contributed by atoms with Gasteiger partial charge >= 0.3 is 0 Å². The predicted octanol–water partition coefficient (Wildman–Crippen LogP) is 2.24. The fourth-order valence-electron chi connectivity index (χ4n) is 2.37. The van der Waals surface area contributed by atoms with E-state index in [1.807, 2.05) is 12.1 Å². The average Bonchev–Trinajstić information content (AvgIpc) is 2.74. The Morgan fingerprint density at radius 3 is 2.40 bits per heavy atom. The van der Waals surface area contributed by atoms with Gasteiger partial charge < -0.3 is 19.1 Å². The van der Waals surface area contributed by atoms with Crippen LogP contribution in [0.15, 0.2) is 12.1 Å². The molecule has 5 nitrogen and oxygen atoms in total. The van der Waals surface area contributed by atoms with Crippen LogP contribution in [0.2, 0.25) is 0 Å². The molecule has 0 spiro atoms. The number of aliphatic hydroxyl groups excluding tert-OH is 1. The highest BCUT2D eigenvalue weighted by Gasteiger charge is 2.15. The minimum absolute atomic E-state index is 0.0882. The molecule has 0 aliphatic rings. The second kappa shape index (κ2) is 6.13. The first-order valence-electron chi connectivity index (χ1n) is 6.82. The van der Waals surface area contributed by atoms with Crippen molar-refractivity contribution in [2.75, 3.05) is 20.8 Å². The maximum atomic E-state index is 9.28. The summed E-state index contributed by atoms with van der Waals surface area (Å²) in [6.45, 7) is 4.94. The van der Waals surface area contributed by atoms with Gasteiger partial charge in [-0.15, -0.1) is 0 Å². The Labute approximate surface area is 119 Å². The first kappa shape index (κ1) is 14.7. The molecule has 1 heterocycles. The van der Waals surface area contributed by atoms with Crippen molar-refractivity contribution in [2.45, 2.75) is 26.8 Å². The molecule has 1 aromatic heterocycles. The van der Waals surface area contributed by atoms with Crippen molar-refractivity contribution in [2.24, 2.45) is 5.92 Å². The van der Waals surface area contributed by atoms with Crippen LogP contribution in [0.1, 0.15) is 19.7 Å². The molecule has 0 unspecified atom stereocenters. The number of ether oxygens (including phenoxy) is 2. The van der Waals surface area contributed by atoms with Gasteiger partial charge in [-0.2, -0.15) is 0 Å². The van der Waals surface area contributed by atoms with Crippen LogP contribution in [0.3, 0.4) is 0 Å². The number of imidazole rings is 1. The lowest BCUT2D eigenvalue weighted by atomic mass is 10.1. The Balaban J connectivity index is 2.60. The van der Waals surface area contributed by atoms with Crippen molar-refractivity contribution in [3.8, 4) is 11.5 Å². The minimum atomic E-state index is 0.0882. The van der Waals surface area contributed by atoms with Gasteiger partial charge in [-0.3, -0.25) is 0 Å². The van der Waals surface area contributed by atoms with Crippen molar-refractivity contribution in [1.82, 2.24) is 9.55 Å². The second-order valence-electron chi connectivity index (χ2n) is 5.20. The summed E-state index contributed by atoms with van der Waals surface area (Å²) in [5, 5.41) is 9.28. The molecular weight excluding hydrogens is 256 g/mol. The number of hydrogen-bond acceptors (Lipinski definition) is 4. The molecule has 0 aliphatic carbocycles. The third-order valence-electron chi connectivity index (χ3n) is 3.25. The Hall–Kier alpha value is -1.75. The van der Waals surface area contributed by atoms with Crippen molar-refractivity contribution >= 4 is 11.0 Å². The smallest absolute Gasteiger partial charge is 0.163 e. The molecule has 0 saturated heterocycles. The number of hydrogen-bond donors (Lipinski definition) is 1. The molecule has 20 heavy (non-hydrogen) atoms.